The van der Waals surface area contributed by atoms with E-state index in [0.717, 1.165) is 6.42 Å². The van der Waals surface area contributed by atoms with E-state index in [4.69, 9.17) is 0 Å². The van der Waals surface area contributed by atoms with Crippen LogP contribution in [-0.2, 0) is 11.2 Å². The Morgan fingerprint density at radius 2 is 1.88 bits per heavy atom. The molecule has 1 aromatic heterocycles. The number of thiophene rings is 1. The quantitative estimate of drug-likeness (QED) is 0.759. The SMILES string of the molecule is CCNC(=O)[C@@H](C)[NH2+][C@H](c1ccc(CC(C)C)cc1)c1cccs1. The van der Waals surface area contributed by atoms with Gasteiger partial charge in [-0.15, -0.1) is 11.3 Å². The van der Waals surface area contributed by atoms with E-state index < -0.39 is 0 Å². The predicted octanol–water partition coefficient (Wildman–Crippen LogP) is 3.12. The first kappa shape index (κ1) is 18.7. The van der Waals surface area contributed by atoms with Crippen LogP contribution in [0.3, 0.4) is 0 Å². The summed E-state index contributed by atoms with van der Waals surface area (Å²) in [4.78, 5) is 13.4. The zero-order valence-corrected chi connectivity index (χ0v) is 15.9. The smallest absolute Gasteiger partial charge is 0.277 e. The minimum absolute atomic E-state index is 0.0930. The molecule has 0 aliphatic rings. The van der Waals surface area contributed by atoms with E-state index in [0.29, 0.717) is 12.5 Å². The van der Waals surface area contributed by atoms with Crippen molar-refractivity contribution in [3.05, 3.63) is 57.8 Å². The van der Waals surface area contributed by atoms with E-state index >= 15 is 0 Å². The van der Waals surface area contributed by atoms with Gasteiger partial charge in [0.25, 0.3) is 5.91 Å². The van der Waals surface area contributed by atoms with Crippen LogP contribution in [0.5, 0.6) is 0 Å². The minimum Gasteiger partial charge on any atom is -0.351 e. The number of hydrogen-bond donors (Lipinski definition) is 2. The van der Waals surface area contributed by atoms with Crippen molar-refractivity contribution < 1.29 is 10.1 Å². The molecule has 0 saturated carbocycles. The molecule has 3 nitrogen and oxygen atoms in total. The molecule has 0 bridgehead atoms. The van der Waals surface area contributed by atoms with Gasteiger partial charge in [-0.05, 0) is 43.2 Å². The monoisotopic (exact) mass is 345 g/mol. The topological polar surface area (TPSA) is 45.7 Å². The van der Waals surface area contributed by atoms with Crippen LogP contribution in [0.2, 0.25) is 0 Å². The maximum atomic E-state index is 12.1. The first-order valence-corrected chi connectivity index (χ1v) is 9.64. The van der Waals surface area contributed by atoms with Gasteiger partial charge in [-0.2, -0.15) is 0 Å². The number of nitrogens with one attached hydrogen (secondary N) is 1. The van der Waals surface area contributed by atoms with Gasteiger partial charge in [-0.1, -0.05) is 44.2 Å². The number of benzene rings is 1. The molecular weight excluding hydrogens is 316 g/mol. The second kappa shape index (κ2) is 9.00. The number of carbonyl (C=O) groups excluding carboxylic acids is 1. The van der Waals surface area contributed by atoms with E-state index in [1.807, 2.05) is 13.8 Å². The summed E-state index contributed by atoms with van der Waals surface area (Å²) >= 11 is 1.74. The van der Waals surface area contributed by atoms with Crippen molar-refractivity contribution in [1.82, 2.24) is 5.32 Å². The fourth-order valence-corrected chi connectivity index (χ4v) is 3.71. The third-order valence-electron chi connectivity index (χ3n) is 4.08. The Morgan fingerprint density at radius 1 is 1.17 bits per heavy atom. The molecular formula is C20H29N2OS+. The van der Waals surface area contributed by atoms with Crippen LogP contribution in [0.4, 0.5) is 0 Å². The summed E-state index contributed by atoms with van der Waals surface area (Å²) < 4.78 is 0. The summed E-state index contributed by atoms with van der Waals surface area (Å²) in [6.45, 7) is 9.08. The zero-order valence-electron chi connectivity index (χ0n) is 15.1. The molecule has 0 radical (unpaired) electrons. The van der Waals surface area contributed by atoms with Gasteiger partial charge in [0.15, 0.2) is 6.04 Å². The molecule has 0 aliphatic heterocycles. The predicted molar refractivity (Wildman–Crippen MR) is 101 cm³/mol. The molecule has 1 heterocycles. The van der Waals surface area contributed by atoms with Crippen LogP contribution in [0.15, 0.2) is 41.8 Å². The third kappa shape index (κ3) is 5.18. The Morgan fingerprint density at radius 3 is 2.42 bits per heavy atom. The molecule has 2 rings (SSSR count). The highest BCUT2D eigenvalue weighted by molar-refractivity contribution is 7.10. The van der Waals surface area contributed by atoms with Crippen molar-refractivity contribution in [1.29, 1.82) is 0 Å². The fourth-order valence-electron chi connectivity index (χ4n) is 2.88. The van der Waals surface area contributed by atoms with Gasteiger partial charge in [0.05, 0.1) is 4.88 Å². The van der Waals surface area contributed by atoms with Crippen molar-refractivity contribution in [2.45, 2.75) is 46.2 Å². The number of nitrogens with two attached hydrogens (primary N) is 1. The Labute approximate surface area is 149 Å². The summed E-state index contributed by atoms with van der Waals surface area (Å²) in [5.41, 5.74) is 2.62. The van der Waals surface area contributed by atoms with Crippen LogP contribution in [0, 0.1) is 5.92 Å². The van der Waals surface area contributed by atoms with E-state index in [2.05, 4.69) is 66.3 Å². The number of hydrogen-bond acceptors (Lipinski definition) is 2. The van der Waals surface area contributed by atoms with Gasteiger partial charge in [-0.25, -0.2) is 0 Å². The van der Waals surface area contributed by atoms with Crippen LogP contribution < -0.4 is 10.6 Å². The first-order valence-electron chi connectivity index (χ1n) is 8.76. The lowest BCUT2D eigenvalue weighted by atomic mass is 9.98. The molecule has 1 aromatic carbocycles. The normalized spacial score (nSPS) is 13.7. The van der Waals surface area contributed by atoms with Crippen LogP contribution in [0.1, 0.15) is 49.7 Å². The van der Waals surface area contributed by atoms with Gasteiger partial charge in [0.2, 0.25) is 0 Å². The fraction of sp³-hybridized carbons (Fsp3) is 0.450. The molecule has 0 spiro atoms. The molecule has 0 saturated heterocycles. The number of rotatable bonds is 8. The van der Waals surface area contributed by atoms with Crippen molar-refractivity contribution in [3.63, 3.8) is 0 Å². The van der Waals surface area contributed by atoms with Crippen molar-refractivity contribution in [3.8, 4) is 0 Å². The molecule has 130 valence electrons. The Balaban J connectivity index is 2.19. The van der Waals surface area contributed by atoms with Crippen LogP contribution in [0.25, 0.3) is 0 Å². The summed E-state index contributed by atoms with van der Waals surface area (Å²) in [6.07, 6.45) is 1.10. The molecule has 4 heteroatoms. The summed E-state index contributed by atoms with van der Waals surface area (Å²) in [7, 11) is 0. The third-order valence-corrected chi connectivity index (χ3v) is 5.03. The van der Waals surface area contributed by atoms with Crippen molar-refractivity contribution in [2.24, 2.45) is 5.92 Å². The lowest BCUT2D eigenvalue weighted by Crippen LogP contribution is -2.92. The average molecular weight is 346 g/mol. The summed E-state index contributed by atoms with van der Waals surface area (Å²) in [6, 6.07) is 13.1. The maximum absolute atomic E-state index is 12.1. The van der Waals surface area contributed by atoms with Crippen molar-refractivity contribution >= 4 is 17.2 Å². The van der Waals surface area contributed by atoms with Crippen molar-refractivity contribution in [2.75, 3.05) is 6.54 Å². The second-order valence-electron chi connectivity index (χ2n) is 6.71. The lowest BCUT2D eigenvalue weighted by molar-refractivity contribution is -0.704. The molecule has 2 atom stereocenters. The molecule has 0 aliphatic carbocycles. The molecule has 0 fully saturated rings. The Hall–Kier alpha value is -1.65. The number of likely N-dealkylation sites (N-methyl/N-ethyl adjacent to an activating group) is 1. The van der Waals surface area contributed by atoms with Crippen LogP contribution in [-0.4, -0.2) is 18.5 Å². The lowest BCUT2D eigenvalue weighted by Gasteiger charge is -2.19. The molecule has 0 unspecified atom stereocenters. The molecule has 2 aromatic rings. The zero-order chi connectivity index (χ0) is 17.5. The first-order chi connectivity index (χ1) is 11.5. The summed E-state index contributed by atoms with van der Waals surface area (Å²) in [5, 5.41) is 7.17. The summed E-state index contributed by atoms with van der Waals surface area (Å²) in [5.74, 6) is 0.753. The average Bonchev–Trinajstić information content (AvgIpc) is 3.07. The largest absolute Gasteiger partial charge is 0.351 e. The minimum atomic E-state index is -0.118. The van der Waals surface area contributed by atoms with Crippen LogP contribution >= 0.6 is 11.3 Å². The number of quaternary nitrogens is 1. The highest BCUT2D eigenvalue weighted by Gasteiger charge is 2.25. The second-order valence-corrected chi connectivity index (χ2v) is 7.69. The van der Waals surface area contributed by atoms with E-state index in [9.17, 15) is 4.79 Å². The molecule has 1 amide bonds. The number of amides is 1. The Kier molecular flexibility index (Phi) is 7.00. The van der Waals surface area contributed by atoms with Gasteiger partial charge < -0.3 is 10.6 Å². The molecule has 24 heavy (non-hydrogen) atoms. The van der Waals surface area contributed by atoms with E-state index in [-0.39, 0.29) is 18.0 Å². The maximum Gasteiger partial charge on any atom is 0.277 e. The Bertz CT molecular complexity index is 620. The highest BCUT2D eigenvalue weighted by Crippen LogP contribution is 2.23. The number of carbonyl (C=O) groups is 1. The van der Waals surface area contributed by atoms with Gasteiger partial charge in [-0.3, -0.25) is 4.79 Å². The van der Waals surface area contributed by atoms with Gasteiger partial charge in [0, 0.05) is 12.1 Å². The van der Waals surface area contributed by atoms with E-state index in [1.54, 1.807) is 11.3 Å². The molecule has 3 N–H and O–H groups in total. The van der Waals surface area contributed by atoms with E-state index in [1.165, 1.54) is 16.0 Å². The van der Waals surface area contributed by atoms with Gasteiger partial charge >= 0.3 is 0 Å². The standard InChI is InChI=1S/C20H28N2OS/c1-5-21-20(23)15(4)22-19(18-7-6-12-24-18)17-10-8-16(9-11-17)13-14(2)3/h6-12,14-15,19,22H,5,13H2,1-4H3,(H,21,23)/p+1/t15-,19-/m1/s1. The highest BCUT2D eigenvalue weighted by atomic mass is 32.1. The van der Waals surface area contributed by atoms with Gasteiger partial charge in [0.1, 0.15) is 6.04 Å².